The first-order valence-electron chi connectivity index (χ1n) is 9.30. The number of halogens is 1. The Morgan fingerprint density at radius 2 is 1.79 bits per heavy atom. The third-order valence-corrected chi connectivity index (χ3v) is 5.08. The van der Waals surface area contributed by atoms with Crippen LogP contribution in [0.4, 0.5) is 5.82 Å². The Hall–Kier alpha value is -2.93. The second kappa shape index (κ2) is 8.39. The number of hydrogen-bond donors (Lipinski definition) is 0. The maximum absolute atomic E-state index is 12.5. The lowest BCUT2D eigenvalue weighted by Crippen LogP contribution is -2.49. The van der Waals surface area contributed by atoms with Crippen molar-refractivity contribution in [3.8, 4) is 5.82 Å². The van der Waals surface area contributed by atoms with Crippen LogP contribution in [0, 0.1) is 0 Å². The molecule has 1 fully saturated rings. The van der Waals surface area contributed by atoms with Crippen LogP contribution in [0.3, 0.4) is 0 Å². The summed E-state index contributed by atoms with van der Waals surface area (Å²) in [5, 5.41) is 13.4. The first-order valence-corrected chi connectivity index (χ1v) is 9.68. The predicted molar refractivity (Wildman–Crippen MR) is 108 cm³/mol. The van der Waals surface area contributed by atoms with Crippen LogP contribution in [0.15, 0.2) is 54.9 Å². The maximum Gasteiger partial charge on any atom is 0.223 e. The Bertz CT molecular complexity index is 920. The smallest absolute Gasteiger partial charge is 0.223 e. The van der Waals surface area contributed by atoms with Crippen molar-refractivity contribution in [1.82, 2.24) is 24.9 Å². The minimum absolute atomic E-state index is 0.180. The van der Waals surface area contributed by atoms with E-state index in [-0.39, 0.29) is 5.91 Å². The average molecular weight is 397 g/mol. The molecule has 4 rings (SSSR count). The summed E-state index contributed by atoms with van der Waals surface area (Å²) in [6.07, 6.45) is 4.74. The van der Waals surface area contributed by atoms with Crippen molar-refractivity contribution >= 4 is 23.3 Å². The van der Waals surface area contributed by atoms with E-state index in [2.05, 4.69) is 20.2 Å². The second-order valence-electron chi connectivity index (χ2n) is 6.70. The molecule has 1 aliphatic heterocycles. The van der Waals surface area contributed by atoms with Crippen molar-refractivity contribution < 1.29 is 4.79 Å². The van der Waals surface area contributed by atoms with Gasteiger partial charge in [0.1, 0.15) is 0 Å². The third kappa shape index (κ3) is 4.31. The van der Waals surface area contributed by atoms with Crippen LogP contribution in [-0.2, 0) is 11.2 Å². The lowest BCUT2D eigenvalue weighted by molar-refractivity contribution is -0.131. The fraction of sp³-hybridized carbons (Fsp3) is 0.300. The Labute approximate surface area is 168 Å². The van der Waals surface area contributed by atoms with Crippen molar-refractivity contribution in [1.29, 1.82) is 0 Å². The van der Waals surface area contributed by atoms with E-state index in [1.165, 1.54) is 0 Å². The van der Waals surface area contributed by atoms with Crippen LogP contribution in [0.5, 0.6) is 0 Å². The second-order valence-corrected chi connectivity index (χ2v) is 7.13. The van der Waals surface area contributed by atoms with Crippen LogP contribution in [0.2, 0.25) is 5.02 Å². The van der Waals surface area contributed by atoms with Crippen molar-refractivity contribution in [3.63, 3.8) is 0 Å². The molecule has 0 saturated carbocycles. The lowest BCUT2D eigenvalue weighted by atomic mass is 10.1. The van der Waals surface area contributed by atoms with Gasteiger partial charge in [-0.05, 0) is 42.3 Å². The molecule has 0 atom stereocenters. The van der Waals surface area contributed by atoms with Crippen LogP contribution >= 0.6 is 11.6 Å². The predicted octanol–water partition coefficient (Wildman–Crippen LogP) is 2.60. The first kappa shape index (κ1) is 18.4. The van der Waals surface area contributed by atoms with E-state index in [0.29, 0.717) is 36.8 Å². The minimum atomic E-state index is 0.180. The molecule has 1 aliphatic rings. The summed E-state index contributed by atoms with van der Waals surface area (Å²) in [5.74, 6) is 1.69. The molecule has 0 radical (unpaired) electrons. The largest absolute Gasteiger partial charge is 0.352 e. The van der Waals surface area contributed by atoms with E-state index in [0.717, 1.165) is 24.5 Å². The number of aromatic nitrogens is 4. The fourth-order valence-corrected chi connectivity index (χ4v) is 3.51. The molecule has 1 amide bonds. The number of hydrogen-bond acceptors (Lipinski definition) is 5. The zero-order chi connectivity index (χ0) is 19.3. The summed E-state index contributed by atoms with van der Waals surface area (Å²) < 4.78 is 1.67. The van der Waals surface area contributed by atoms with Gasteiger partial charge in [-0.1, -0.05) is 23.7 Å². The maximum atomic E-state index is 12.5. The normalized spacial score (nSPS) is 14.3. The highest BCUT2D eigenvalue weighted by molar-refractivity contribution is 6.30. The monoisotopic (exact) mass is 396 g/mol. The molecular formula is C20H21ClN6O. The molecule has 144 valence electrons. The summed E-state index contributed by atoms with van der Waals surface area (Å²) in [5.41, 5.74) is 1.09. The standard InChI is InChI=1S/C20H21ClN6O/c21-17-4-1-3-16(15-17)5-8-20(28)26-13-11-25(12-14-26)18-6-7-19(24-23-18)27-10-2-9-22-27/h1-4,6-7,9-10,15H,5,8,11-14H2. The van der Waals surface area contributed by atoms with E-state index in [1.54, 1.807) is 10.9 Å². The number of benzene rings is 1. The zero-order valence-corrected chi connectivity index (χ0v) is 16.2. The van der Waals surface area contributed by atoms with Gasteiger partial charge in [0.2, 0.25) is 5.91 Å². The van der Waals surface area contributed by atoms with Gasteiger partial charge < -0.3 is 9.80 Å². The van der Waals surface area contributed by atoms with E-state index in [9.17, 15) is 4.79 Å². The van der Waals surface area contributed by atoms with Gasteiger partial charge in [-0.3, -0.25) is 4.79 Å². The molecule has 0 N–H and O–H groups in total. The number of amides is 1. The Morgan fingerprint density at radius 3 is 2.46 bits per heavy atom. The Kier molecular flexibility index (Phi) is 5.53. The topological polar surface area (TPSA) is 67.2 Å². The molecule has 0 bridgehead atoms. The molecule has 1 aromatic carbocycles. The molecule has 7 nitrogen and oxygen atoms in total. The molecule has 8 heteroatoms. The molecule has 0 aliphatic carbocycles. The van der Waals surface area contributed by atoms with Gasteiger partial charge in [-0.15, -0.1) is 10.2 Å². The Morgan fingerprint density at radius 1 is 1.00 bits per heavy atom. The summed E-state index contributed by atoms with van der Waals surface area (Å²) in [6.45, 7) is 2.88. The van der Waals surface area contributed by atoms with Crippen molar-refractivity contribution in [2.24, 2.45) is 0 Å². The van der Waals surface area contributed by atoms with Crippen LogP contribution in [-0.4, -0.2) is 57.0 Å². The number of anilines is 1. The minimum Gasteiger partial charge on any atom is -0.352 e. The molecular weight excluding hydrogens is 376 g/mol. The first-order chi connectivity index (χ1) is 13.7. The molecule has 1 saturated heterocycles. The number of piperazine rings is 1. The van der Waals surface area contributed by atoms with Crippen molar-refractivity contribution in [3.05, 3.63) is 65.4 Å². The number of rotatable bonds is 5. The van der Waals surface area contributed by atoms with Crippen LogP contribution in [0.1, 0.15) is 12.0 Å². The summed E-state index contributed by atoms with van der Waals surface area (Å²) in [6, 6.07) is 13.4. The van der Waals surface area contributed by atoms with Gasteiger partial charge in [0.25, 0.3) is 0 Å². The van der Waals surface area contributed by atoms with Gasteiger partial charge in [0.15, 0.2) is 11.6 Å². The Balaban J connectivity index is 1.28. The number of carbonyl (C=O) groups excluding carboxylic acids is 1. The molecule has 28 heavy (non-hydrogen) atoms. The van der Waals surface area contributed by atoms with Gasteiger partial charge in [0, 0.05) is 50.0 Å². The van der Waals surface area contributed by atoms with Gasteiger partial charge in [0.05, 0.1) is 0 Å². The van der Waals surface area contributed by atoms with E-state index >= 15 is 0 Å². The van der Waals surface area contributed by atoms with Crippen LogP contribution in [0.25, 0.3) is 5.82 Å². The number of nitrogens with zero attached hydrogens (tertiary/aromatic N) is 6. The van der Waals surface area contributed by atoms with Gasteiger partial charge >= 0.3 is 0 Å². The molecule has 3 heterocycles. The van der Waals surface area contributed by atoms with Gasteiger partial charge in [-0.2, -0.15) is 5.10 Å². The SMILES string of the molecule is O=C(CCc1cccc(Cl)c1)N1CCN(c2ccc(-n3cccn3)nn2)CC1. The summed E-state index contributed by atoms with van der Waals surface area (Å²) in [7, 11) is 0. The molecule has 3 aromatic rings. The molecule has 2 aromatic heterocycles. The van der Waals surface area contributed by atoms with Gasteiger partial charge in [-0.25, -0.2) is 4.68 Å². The molecule has 0 unspecified atom stereocenters. The highest BCUT2D eigenvalue weighted by Crippen LogP contribution is 2.16. The quantitative estimate of drug-likeness (QED) is 0.663. The average Bonchev–Trinajstić information content (AvgIpc) is 3.27. The number of aryl methyl sites for hydroxylation is 1. The van der Waals surface area contributed by atoms with E-state index in [4.69, 9.17) is 11.6 Å². The highest BCUT2D eigenvalue weighted by Gasteiger charge is 2.22. The number of carbonyl (C=O) groups is 1. The van der Waals surface area contributed by atoms with Crippen molar-refractivity contribution in [2.75, 3.05) is 31.1 Å². The van der Waals surface area contributed by atoms with E-state index < -0.39 is 0 Å². The lowest BCUT2D eigenvalue weighted by Gasteiger charge is -2.35. The zero-order valence-electron chi connectivity index (χ0n) is 15.4. The van der Waals surface area contributed by atoms with Crippen molar-refractivity contribution in [2.45, 2.75) is 12.8 Å². The summed E-state index contributed by atoms with van der Waals surface area (Å²) in [4.78, 5) is 16.6. The summed E-state index contributed by atoms with van der Waals surface area (Å²) >= 11 is 6.01. The van der Waals surface area contributed by atoms with E-state index in [1.807, 2.05) is 53.6 Å². The molecule has 0 spiro atoms. The van der Waals surface area contributed by atoms with Crippen LogP contribution < -0.4 is 4.90 Å². The highest BCUT2D eigenvalue weighted by atomic mass is 35.5. The third-order valence-electron chi connectivity index (χ3n) is 4.85. The fourth-order valence-electron chi connectivity index (χ4n) is 3.30.